The molecule has 1 aromatic rings. The summed E-state index contributed by atoms with van der Waals surface area (Å²) in [6.45, 7) is 11.5. The van der Waals surface area contributed by atoms with Crippen LogP contribution in [0.4, 0.5) is 14.6 Å². The molecule has 2 saturated heterocycles. The van der Waals surface area contributed by atoms with Crippen LogP contribution in [0.2, 0.25) is 0 Å². The van der Waals surface area contributed by atoms with Crippen molar-refractivity contribution in [2.45, 2.75) is 89.8 Å². The third-order valence-electron chi connectivity index (χ3n) is 7.32. The summed E-state index contributed by atoms with van der Waals surface area (Å²) in [5.74, 6) is 1.04. The van der Waals surface area contributed by atoms with Crippen LogP contribution in [-0.2, 0) is 10.2 Å². The van der Waals surface area contributed by atoms with Crippen LogP contribution in [0.3, 0.4) is 0 Å². The zero-order chi connectivity index (χ0) is 22.3. The van der Waals surface area contributed by atoms with Crippen LogP contribution in [0, 0.1) is 5.92 Å². The maximum absolute atomic E-state index is 14.0. The quantitative estimate of drug-likeness (QED) is 0.776. The summed E-state index contributed by atoms with van der Waals surface area (Å²) >= 11 is 0. The largest absolute Gasteiger partial charge is 0.367 e. The fourth-order valence-corrected chi connectivity index (χ4v) is 5.34. The molecule has 4 heterocycles. The van der Waals surface area contributed by atoms with E-state index < -0.39 is 12.5 Å². The molecule has 0 saturated carbocycles. The van der Waals surface area contributed by atoms with Gasteiger partial charge in [-0.25, -0.2) is 13.5 Å². The minimum atomic E-state index is -2.47. The number of fused-ring (bicyclic) bond motifs is 1. The van der Waals surface area contributed by atoms with E-state index >= 15 is 0 Å². The Hall–Kier alpha value is -1.70. The third kappa shape index (κ3) is 4.59. The van der Waals surface area contributed by atoms with Crippen molar-refractivity contribution in [3.8, 4) is 0 Å². The number of carbonyl (C=O) groups excluding carboxylic acids is 1. The molecule has 0 unspecified atom stereocenters. The fraction of sp³-hybridized carbons (Fsp3) is 0.826. The number of nitrogens with one attached hydrogen (secondary N) is 1. The van der Waals surface area contributed by atoms with Gasteiger partial charge in [-0.2, -0.15) is 5.10 Å². The van der Waals surface area contributed by atoms with Crippen LogP contribution in [-0.4, -0.2) is 70.2 Å². The molecule has 1 N–H and O–H groups in total. The highest BCUT2D eigenvalue weighted by Crippen LogP contribution is 2.38. The highest BCUT2D eigenvalue weighted by Gasteiger charge is 2.40. The summed E-state index contributed by atoms with van der Waals surface area (Å²) in [5, 5.41) is 8.03. The van der Waals surface area contributed by atoms with Gasteiger partial charge in [0.25, 0.3) is 6.43 Å². The number of rotatable bonds is 4. The molecule has 6 nitrogen and oxygen atoms in total. The monoisotopic (exact) mass is 437 g/mol. The molecule has 2 fully saturated rings. The van der Waals surface area contributed by atoms with Crippen molar-refractivity contribution in [1.29, 1.82) is 0 Å². The molecule has 0 bridgehead atoms. The van der Waals surface area contributed by atoms with Gasteiger partial charge in [0.15, 0.2) is 0 Å². The molecule has 8 heteroatoms. The number of alkyl halides is 2. The van der Waals surface area contributed by atoms with Crippen molar-refractivity contribution in [3.63, 3.8) is 0 Å². The second kappa shape index (κ2) is 8.68. The lowest BCUT2D eigenvalue weighted by molar-refractivity contribution is -0.138. The zero-order valence-corrected chi connectivity index (χ0v) is 19.3. The molecule has 0 aromatic carbocycles. The number of anilines is 1. The van der Waals surface area contributed by atoms with Gasteiger partial charge in [-0.05, 0) is 58.0 Å². The lowest BCUT2D eigenvalue weighted by Crippen LogP contribution is -2.52. The lowest BCUT2D eigenvalue weighted by Gasteiger charge is -2.42. The normalized spacial score (nSPS) is 28.5. The van der Waals surface area contributed by atoms with E-state index in [-0.39, 0.29) is 29.3 Å². The van der Waals surface area contributed by atoms with Crippen molar-refractivity contribution in [2.24, 2.45) is 5.92 Å². The second-order valence-corrected chi connectivity index (χ2v) is 10.6. The van der Waals surface area contributed by atoms with E-state index in [4.69, 9.17) is 0 Å². The number of hydrogen-bond donors (Lipinski definition) is 1. The van der Waals surface area contributed by atoms with E-state index in [1.54, 1.807) is 0 Å². The summed E-state index contributed by atoms with van der Waals surface area (Å²) in [6, 6.07) is 0.828. The molecular weight excluding hydrogens is 400 g/mol. The van der Waals surface area contributed by atoms with Crippen LogP contribution in [0.1, 0.15) is 71.5 Å². The highest BCUT2D eigenvalue weighted by atomic mass is 19.3. The Morgan fingerprint density at radius 1 is 1.19 bits per heavy atom. The first-order valence-electron chi connectivity index (χ1n) is 11.8. The number of carbonyl (C=O) groups is 1. The number of piperidine rings is 1. The van der Waals surface area contributed by atoms with Gasteiger partial charge in [0.2, 0.25) is 5.91 Å². The van der Waals surface area contributed by atoms with E-state index in [2.05, 4.69) is 15.3 Å². The average molecular weight is 438 g/mol. The van der Waals surface area contributed by atoms with Crippen molar-refractivity contribution in [2.75, 3.05) is 31.5 Å². The van der Waals surface area contributed by atoms with Gasteiger partial charge in [0.05, 0.1) is 11.7 Å². The molecule has 174 valence electrons. The summed E-state index contributed by atoms with van der Waals surface area (Å²) in [4.78, 5) is 17.4. The van der Waals surface area contributed by atoms with Crippen LogP contribution in [0.15, 0.2) is 6.07 Å². The van der Waals surface area contributed by atoms with Gasteiger partial charge in [-0.3, -0.25) is 9.69 Å². The Morgan fingerprint density at radius 3 is 2.55 bits per heavy atom. The predicted octanol–water partition coefficient (Wildman–Crippen LogP) is 3.89. The molecule has 1 amide bonds. The van der Waals surface area contributed by atoms with Gasteiger partial charge < -0.3 is 10.2 Å². The van der Waals surface area contributed by atoms with Crippen molar-refractivity contribution in [3.05, 3.63) is 11.8 Å². The SMILES string of the molecule is C[C@H](C(=O)N1CCC[C@H]([C@@H]2C[C@H](C(F)F)n3nc(C(C)(C)C)cc3N2)C1)N1CCCC1. The molecule has 0 radical (unpaired) electrons. The standard InChI is InChI=1S/C23H37F2N5O/c1-15(28-9-5-6-10-28)22(31)29-11-7-8-16(14-29)17-12-18(21(24)25)30-20(26-17)13-19(27-30)23(2,3)4/h13,15-18,21,26H,5-12,14H2,1-4H3/t15-,16+,17+,18-/m1/s1. The Kier molecular flexibility index (Phi) is 6.30. The fourth-order valence-electron chi connectivity index (χ4n) is 5.34. The summed E-state index contributed by atoms with van der Waals surface area (Å²) in [7, 11) is 0. The number of likely N-dealkylation sites (tertiary alicyclic amines) is 2. The summed E-state index contributed by atoms with van der Waals surface area (Å²) < 4.78 is 29.4. The van der Waals surface area contributed by atoms with Crippen LogP contribution in [0.5, 0.6) is 0 Å². The first-order valence-corrected chi connectivity index (χ1v) is 11.8. The van der Waals surface area contributed by atoms with Crippen LogP contribution < -0.4 is 5.32 Å². The van der Waals surface area contributed by atoms with Crippen LogP contribution >= 0.6 is 0 Å². The predicted molar refractivity (Wildman–Crippen MR) is 118 cm³/mol. The number of aromatic nitrogens is 2. The molecule has 4 atom stereocenters. The molecular formula is C23H37F2N5O. The molecule has 1 aromatic heterocycles. The second-order valence-electron chi connectivity index (χ2n) is 10.6. The first kappa shape index (κ1) is 22.5. The maximum Gasteiger partial charge on any atom is 0.260 e. The molecule has 31 heavy (non-hydrogen) atoms. The van der Waals surface area contributed by atoms with E-state index in [0.717, 1.165) is 51.0 Å². The Bertz CT molecular complexity index is 783. The number of hydrogen-bond acceptors (Lipinski definition) is 4. The first-order chi connectivity index (χ1) is 14.6. The topological polar surface area (TPSA) is 53.4 Å². The molecule has 3 aliphatic heterocycles. The van der Waals surface area contributed by atoms with Crippen molar-refractivity contribution in [1.82, 2.24) is 19.6 Å². The van der Waals surface area contributed by atoms with Crippen LogP contribution in [0.25, 0.3) is 0 Å². The minimum Gasteiger partial charge on any atom is -0.367 e. The van der Waals surface area contributed by atoms with Crippen molar-refractivity contribution < 1.29 is 13.6 Å². The third-order valence-corrected chi connectivity index (χ3v) is 7.32. The van der Waals surface area contributed by atoms with E-state index in [0.29, 0.717) is 18.8 Å². The van der Waals surface area contributed by atoms with Crippen molar-refractivity contribution >= 4 is 11.7 Å². The number of amides is 1. The van der Waals surface area contributed by atoms with Gasteiger partial charge in [0.1, 0.15) is 11.9 Å². The maximum atomic E-state index is 14.0. The minimum absolute atomic E-state index is 0.0753. The van der Waals surface area contributed by atoms with Gasteiger partial charge in [-0.15, -0.1) is 0 Å². The Morgan fingerprint density at radius 2 is 1.90 bits per heavy atom. The number of nitrogens with zero attached hydrogens (tertiary/aromatic N) is 4. The average Bonchev–Trinajstić information content (AvgIpc) is 3.41. The van der Waals surface area contributed by atoms with Gasteiger partial charge in [-0.1, -0.05) is 20.8 Å². The molecule has 0 spiro atoms. The molecule has 3 aliphatic rings. The van der Waals surface area contributed by atoms with E-state index in [1.807, 2.05) is 38.7 Å². The van der Waals surface area contributed by atoms with E-state index in [9.17, 15) is 13.6 Å². The zero-order valence-electron chi connectivity index (χ0n) is 19.3. The smallest absolute Gasteiger partial charge is 0.260 e. The van der Waals surface area contributed by atoms with Gasteiger partial charge in [0, 0.05) is 30.6 Å². The van der Waals surface area contributed by atoms with Gasteiger partial charge >= 0.3 is 0 Å². The molecule has 4 rings (SSSR count). The van der Waals surface area contributed by atoms with E-state index in [1.165, 1.54) is 4.68 Å². The lowest BCUT2D eigenvalue weighted by atomic mass is 9.85. The Labute approximate surface area is 184 Å². The number of halogens is 2. The summed E-state index contributed by atoms with van der Waals surface area (Å²) in [5.41, 5.74) is 0.620. The molecule has 0 aliphatic carbocycles. The Balaban J connectivity index is 1.48. The highest BCUT2D eigenvalue weighted by molar-refractivity contribution is 5.81. The summed E-state index contributed by atoms with van der Waals surface area (Å²) in [6.07, 6.45) is 2.07.